The molecule has 6 nitrogen and oxygen atoms in total. The predicted molar refractivity (Wildman–Crippen MR) is 82.1 cm³/mol. The Hall–Kier alpha value is -2.08. The minimum absolute atomic E-state index is 0.198. The molecular formula is C15H18ClN3O3. The maximum atomic E-state index is 11.8. The Morgan fingerprint density at radius 1 is 1.27 bits per heavy atom. The number of halogens is 1. The fourth-order valence-electron chi connectivity index (χ4n) is 2.21. The lowest BCUT2D eigenvalue weighted by Gasteiger charge is -2.14. The van der Waals surface area contributed by atoms with Gasteiger partial charge in [0, 0.05) is 18.1 Å². The number of amides is 3. The van der Waals surface area contributed by atoms with E-state index in [1.165, 1.54) is 0 Å². The predicted octanol–water partition coefficient (Wildman–Crippen LogP) is 0.741. The summed E-state index contributed by atoms with van der Waals surface area (Å²) in [5.74, 6) is -1.81. The number of benzene rings is 1. The average molecular weight is 324 g/mol. The molecule has 0 aromatic heterocycles. The molecule has 0 radical (unpaired) electrons. The molecule has 0 saturated carbocycles. The Morgan fingerprint density at radius 3 is 2.86 bits per heavy atom. The molecule has 22 heavy (non-hydrogen) atoms. The highest BCUT2D eigenvalue weighted by Crippen LogP contribution is 2.10. The van der Waals surface area contributed by atoms with Crippen molar-refractivity contribution in [2.75, 3.05) is 6.54 Å². The molecule has 1 aliphatic heterocycles. The molecular weight excluding hydrogens is 306 g/mol. The van der Waals surface area contributed by atoms with Gasteiger partial charge in [-0.25, -0.2) is 0 Å². The number of hydrogen-bond donors (Lipinski definition) is 3. The first-order valence-electron chi connectivity index (χ1n) is 7.17. The van der Waals surface area contributed by atoms with Gasteiger partial charge < -0.3 is 16.0 Å². The fraction of sp³-hybridized carbons (Fsp3) is 0.400. The Bertz CT molecular complexity index is 577. The van der Waals surface area contributed by atoms with Crippen LogP contribution in [0.3, 0.4) is 0 Å². The number of carbonyl (C=O) groups excluding carboxylic acids is 3. The zero-order valence-corrected chi connectivity index (χ0v) is 12.8. The Balaban J connectivity index is 1.84. The number of nitrogens with one attached hydrogen (secondary N) is 3. The summed E-state index contributed by atoms with van der Waals surface area (Å²) in [6.07, 6.45) is 2.24. The second-order valence-corrected chi connectivity index (χ2v) is 5.56. The first kappa shape index (κ1) is 16.3. The van der Waals surface area contributed by atoms with E-state index >= 15 is 0 Å². The molecule has 7 heteroatoms. The van der Waals surface area contributed by atoms with E-state index < -0.39 is 17.9 Å². The van der Waals surface area contributed by atoms with E-state index in [0.717, 1.165) is 18.4 Å². The van der Waals surface area contributed by atoms with Gasteiger partial charge in [0.2, 0.25) is 5.91 Å². The lowest BCUT2D eigenvalue weighted by Crippen LogP contribution is -2.50. The summed E-state index contributed by atoms with van der Waals surface area (Å²) >= 11 is 5.85. The topological polar surface area (TPSA) is 87.3 Å². The summed E-state index contributed by atoms with van der Waals surface area (Å²) in [6, 6.07) is 6.35. The molecule has 3 N–H and O–H groups in total. The third-order valence-electron chi connectivity index (χ3n) is 3.39. The summed E-state index contributed by atoms with van der Waals surface area (Å²) in [4.78, 5) is 35.3. The molecule has 0 aliphatic carbocycles. The van der Waals surface area contributed by atoms with Gasteiger partial charge in [-0.3, -0.25) is 14.4 Å². The van der Waals surface area contributed by atoms with Gasteiger partial charge >= 0.3 is 11.8 Å². The van der Waals surface area contributed by atoms with Gasteiger partial charge in [0.05, 0.1) is 0 Å². The van der Waals surface area contributed by atoms with Crippen LogP contribution < -0.4 is 16.0 Å². The molecule has 118 valence electrons. The van der Waals surface area contributed by atoms with Crippen molar-refractivity contribution in [2.45, 2.75) is 31.8 Å². The summed E-state index contributed by atoms with van der Waals surface area (Å²) in [7, 11) is 0. The van der Waals surface area contributed by atoms with Crippen LogP contribution in [-0.4, -0.2) is 30.3 Å². The van der Waals surface area contributed by atoms with E-state index in [0.29, 0.717) is 18.0 Å². The zero-order chi connectivity index (χ0) is 15.9. The molecule has 1 aliphatic rings. The maximum absolute atomic E-state index is 11.8. The van der Waals surface area contributed by atoms with E-state index in [-0.39, 0.29) is 12.5 Å². The highest BCUT2D eigenvalue weighted by atomic mass is 35.5. The summed E-state index contributed by atoms with van der Waals surface area (Å²) < 4.78 is 0. The van der Waals surface area contributed by atoms with Crippen molar-refractivity contribution < 1.29 is 14.4 Å². The summed E-state index contributed by atoms with van der Waals surface area (Å²) in [6.45, 7) is 0.801. The van der Waals surface area contributed by atoms with Crippen molar-refractivity contribution in [3.63, 3.8) is 0 Å². The van der Waals surface area contributed by atoms with Crippen molar-refractivity contribution >= 4 is 29.3 Å². The van der Waals surface area contributed by atoms with E-state index in [9.17, 15) is 14.4 Å². The van der Waals surface area contributed by atoms with Crippen molar-refractivity contribution in [3.05, 3.63) is 34.9 Å². The van der Waals surface area contributed by atoms with Gasteiger partial charge in [0.1, 0.15) is 6.04 Å². The van der Waals surface area contributed by atoms with Gasteiger partial charge in [-0.1, -0.05) is 23.7 Å². The summed E-state index contributed by atoms with van der Waals surface area (Å²) in [5, 5.41) is 8.24. The smallest absolute Gasteiger partial charge is 0.309 e. The molecule has 1 aromatic carbocycles. The monoisotopic (exact) mass is 323 g/mol. The SMILES string of the molecule is O=C(NCc1cccc(Cl)c1)C(=O)NC1CCCCNC1=O. The van der Waals surface area contributed by atoms with Crippen LogP contribution in [0.4, 0.5) is 0 Å². The van der Waals surface area contributed by atoms with E-state index in [1.807, 2.05) is 0 Å². The van der Waals surface area contributed by atoms with Crippen LogP contribution >= 0.6 is 11.6 Å². The van der Waals surface area contributed by atoms with Crippen LogP contribution in [0.25, 0.3) is 0 Å². The number of rotatable bonds is 3. The molecule has 3 amide bonds. The highest BCUT2D eigenvalue weighted by Gasteiger charge is 2.25. The lowest BCUT2D eigenvalue weighted by atomic mass is 10.1. The van der Waals surface area contributed by atoms with Gasteiger partial charge in [0.15, 0.2) is 0 Å². The van der Waals surface area contributed by atoms with Crippen molar-refractivity contribution in [3.8, 4) is 0 Å². The van der Waals surface area contributed by atoms with Gasteiger partial charge in [0.25, 0.3) is 0 Å². The minimum atomic E-state index is -0.802. The fourth-order valence-corrected chi connectivity index (χ4v) is 2.42. The normalized spacial score (nSPS) is 18.0. The Kier molecular flexibility index (Phi) is 5.77. The first-order valence-corrected chi connectivity index (χ1v) is 7.55. The summed E-state index contributed by atoms with van der Waals surface area (Å²) in [5.41, 5.74) is 0.792. The van der Waals surface area contributed by atoms with E-state index in [2.05, 4.69) is 16.0 Å². The molecule has 1 fully saturated rings. The second kappa shape index (κ2) is 7.79. The van der Waals surface area contributed by atoms with Crippen molar-refractivity contribution in [1.82, 2.24) is 16.0 Å². The minimum Gasteiger partial charge on any atom is -0.354 e. The largest absolute Gasteiger partial charge is 0.354 e. The highest BCUT2D eigenvalue weighted by molar-refractivity contribution is 6.35. The van der Waals surface area contributed by atoms with Crippen LogP contribution in [0, 0.1) is 0 Å². The maximum Gasteiger partial charge on any atom is 0.309 e. The van der Waals surface area contributed by atoms with Crippen LogP contribution in [0.1, 0.15) is 24.8 Å². The third kappa shape index (κ3) is 4.73. The molecule has 1 atom stereocenters. The molecule has 1 saturated heterocycles. The zero-order valence-electron chi connectivity index (χ0n) is 12.0. The number of hydrogen-bond acceptors (Lipinski definition) is 3. The van der Waals surface area contributed by atoms with Crippen LogP contribution in [-0.2, 0) is 20.9 Å². The van der Waals surface area contributed by atoms with Crippen LogP contribution in [0.15, 0.2) is 24.3 Å². The third-order valence-corrected chi connectivity index (χ3v) is 3.62. The van der Waals surface area contributed by atoms with Crippen LogP contribution in [0.5, 0.6) is 0 Å². The average Bonchev–Trinajstić information content (AvgIpc) is 2.70. The van der Waals surface area contributed by atoms with Gasteiger partial charge in [-0.2, -0.15) is 0 Å². The Labute approximate surface area is 133 Å². The quantitative estimate of drug-likeness (QED) is 0.717. The Morgan fingerprint density at radius 2 is 2.09 bits per heavy atom. The van der Waals surface area contributed by atoms with Gasteiger partial charge in [-0.05, 0) is 37.0 Å². The van der Waals surface area contributed by atoms with Crippen molar-refractivity contribution in [1.29, 1.82) is 0 Å². The van der Waals surface area contributed by atoms with E-state index in [1.54, 1.807) is 24.3 Å². The molecule has 0 spiro atoms. The van der Waals surface area contributed by atoms with Crippen molar-refractivity contribution in [2.24, 2.45) is 0 Å². The number of carbonyl (C=O) groups is 3. The molecule has 2 rings (SSSR count). The van der Waals surface area contributed by atoms with E-state index in [4.69, 9.17) is 11.6 Å². The molecule has 1 unspecified atom stereocenters. The first-order chi connectivity index (χ1) is 10.6. The molecule has 1 heterocycles. The van der Waals surface area contributed by atoms with Gasteiger partial charge in [-0.15, -0.1) is 0 Å². The second-order valence-electron chi connectivity index (χ2n) is 5.13. The molecule has 1 aromatic rings. The lowest BCUT2D eigenvalue weighted by molar-refractivity contribution is -0.140. The van der Waals surface area contributed by atoms with Crippen LogP contribution in [0.2, 0.25) is 5.02 Å². The molecule has 0 bridgehead atoms. The standard InChI is InChI=1S/C15H18ClN3O3/c16-11-5-3-4-10(8-11)9-18-14(21)15(22)19-12-6-1-2-7-17-13(12)20/h3-5,8,12H,1-2,6-7,9H2,(H,17,20)(H,18,21)(H,19,22).